The standard InChI is InChI=1S/C10H10ClIO2/c1-2-14-10(13)8-5-3-4-7(6-12)9(8)11/h3-5H,2,6H2,1H3. The number of hydrogen-bond acceptors (Lipinski definition) is 2. The van der Waals surface area contributed by atoms with Crippen molar-refractivity contribution in [2.24, 2.45) is 0 Å². The van der Waals surface area contributed by atoms with E-state index in [0.717, 1.165) is 9.99 Å². The Balaban J connectivity index is 3.03. The van der Waals surface area contributed by atoms with E-state index in [1.165, 1.54) is 0 Å². The molecule has 0 aliphatic heterocycles. The van der Waals surface area contributed by atoms with Gasteiger partial charge in [-0.2, -0.15) is 0 Å². The highest BCUT2D eigenvalue weighted by atomic mass is 127. The highest BCUT2D eigenvalue weighted by Crippen LogP contribution is 2.23. The van der Waals surface area contributed by atoms with Crippen molar-refractivity contribution in [3.63, 3.8) is 0 Å². The number of alkyl halides is 1. The van der Waals surface area contributed by atoms with Crippen LogP contribution in [0.25, 0.3) is 0 Å². The van der Waals surface area contributed by atoms with Gasteiger partial charge in [-0.25, -0.2) is 4.79 Å². The van der Waals surface area contributed by atoms with Crippen LogP contribution in [-0.4, -0.2) is 12.6 Å². The molecule has 0 bridgehead atoms. The van der Waals surface area contributed by atoms with Crippen molar-refractivity contribution in [2.75, 3.05) is 6.61 Å². The molecule has 1 rings (SSSR count). The fourth-order valence-corrected chi connectivity index (χ4v) is 2.18. The average molecular weight is 325 g/mol. The Kier molecular flexibility index (Phi) is 4.68. The summed E-state index contributed by atoms with van der Waals surface area (Å²) in [4.78, 5) is 11.4. The lowest BCUT2D eigenvalue weighted by Gasteiger charge is -2.06. The molecule has 4 heteroatoms. The molecule has 0 aliphatic rings. The molecule has 0 saturated heterocycles. The number of benzene rings is 1. The molecule has 0 spiro atoms. The zero-order valence-electron chi connectivity index (χ0n) is 7.72. The van der Waals surface area contributed by atoms with Gasteiger partial charge in [-0.1, -0.05) is 46.3 Å². The normalized spacial score (nSPS) is 9.93. The predicted octanol–water partition coefficient (Wildman–Crippen LogP) is 3.45. The third-order valence-electron chi connectivity index (χ3n) is 1.72. The van der Waals surface area contributed by atoms with Crippen molar-refractivity contribution in [3.8, 4) is 0 Å². The van der Waals surface area contributed by atoms with Crippen LogP contribution in [0.4, 0.5) is 0 Å². The van der Waals surface area contributed by atoms with Crippen molar-refractivity contribution in [1.29, 1.82) is 0 Å². The maximum Gasteiger partial charge on any atom is 0.339 e. The summed E-state index contributed by atoms with van der Waals surface area (Å²) in [5.41, 5.74) is 1.40. The highest BCUT2D eigenvalue weighted by molar-refractivity contribution is 14.1. The van der Waals surface area contributed by atoms with E-state index < -0.39 is 0 Å². The number of halogens is 2. The van der Waals surface area contributed by atoms with E-state index in [-0.39, 0.29) is 5.97 Å². The van der Waals surface area contributed by atoms with Gasteiger partial charge in [-0.15, -0.1) is 0 Å². The summed E-state index contributed by atoms with van der Waals surface area (Å²) in [5.74, 6) is -0.357. The van der Waals surface area contributed by atoms with Crippen molar-refractivity contribution in [2.45, 2.75) is 11.4 Å². The first-order valence-electron chi connectivity index (χ1n) is 4.21. The third kappa shape index (κ3) is 2.60. The summed E-state index contributed by atoms with van der Waals surface area (Å²) in [7, 11) is 0. The van der Waals surface area contributed by atoms with Gasteiger partial charge in [-0.05, 0) is 18.6 Å². The molecule has 0 atom stereocenters. The van der Waals surface area contributed by atoms with Crippen LogP contribution < -0.4 is 0 Å². The van der Waals surface area contributed by atoms with Crippen LogP contribution in [0.3, 0.4) is 0 Å². The van der Waals surface area contributed by atoms with E-state index in [1.807, 2.05) is 12.1 Å². The average Bonchev–Trinajstić information content (AvgIpc) is 2.18. The van der Waals surface area contributed by atoms with Crippen LogP contribution >= 0.6 is 34.2 Å². The van der Waals surface area contributed by atoms with Crippen LogP contribution in [0.2, 0.25) is 5.02 Å². The minimum absolute atomic E-state index is 0.357. The molecule has 0 unspecified atom stereocenters. The SMILES string of the molecule is CCOC(=O)c1cccc(CI)c1Cl. The van der Waals surface area contributed by atoms with E-state index >= 15 is 0 Å². The van der Waals surface area contributed by atoms with Gasteiger partial charge in [0, 0.05) is 4.43 Å². The molecule has 0 heterocycles. The number of rotatable bonds is 3. The summed E-state index contributed by atoms with van der Waals surface area (Å²) >= 11 is 8.24. The van der Waals surface area contributed by atoms with E-state index in [1.54, 1.807) is 13.0 Å². The fourth-order valence-electron chi connectivity index (χ4n) is 1.05. The molecule has 1 aromatic carbocycles. The van der Waals surface area contributed by atoms with E-state index in [4.69, 9.17) is 16.3 Å². The van der Waals surface area contributed by atoms with E-state index in [0.29, 0.717) is 17.2 Å². The summed E-state index contributed by atoms with van der Waals surface area (Å²) in [6, 6.07) is 5.39. The van der Waals surface area contributed by atoms with Crippen LogP contribution in [0.1, 0.15) is 22.8 Å². The van der Waals surface area contributed by atoms with Crippen LogP contribution in [0.5, 0.6) is 0 Å². The van der Waals surface area contributed by atoms with Gasteiger partial charge < -0.3 is 4.74 Å². The monoisotopic (exact) mass is 324 g/mol. The maximum absolute atomic E-state index is 11.4. The van der Waals surface area contributed by atoms with Crippen LogP contribution in [0.15, 0.2) is 18.2 Å². The first kappa shape index (κ1) is 11.8. The number of carbonyl (C=O) groups is 1. The lowest BCUT2D eigenvalue weighted by atomic mass is 10.1. The Morgan fingerprint density at radius 2 is 2.29 bits per heavy atom. The third-order valence-corrected chi connectivity index (χ3v) is 2.99. The molecule has 1 aromatic rings. The summed E-state index contributed by atoms with van der Waals surface area (Å²) in [6.07, 6.45) is 0. The summed E-state index contributed by atoms with van der Waals surface area (Å²) < 4.78 is 5.66. The lowest BCUT2D eigenvalue weighted by Crippen LogP contribution is -2.06. The number of ether oxygens (including phenoxy) is 1. The molecule has 0 amide bonds. The second-order valence-electron chi connectivity index (χ2n) is 2.63. The van der Waals surface area contributed by atoms with E-state index in [9.17, 15) is 4.79 Å². The molecule has 76 valence electrons. The van der Waals surface area contributed by atoms with Gasteiger partial charge in [0.2, 0.25) is 0 Å². The second-order valence-corrected chi connectivity index (χ2v) is 3.77. The number of esters is 1. The van der Waals surface area contributed by atoms with Crippen molar-refractivity contribution in [3.05, 3.63) is 34.3 Å². The van der Waals surface area contributed by atoms with Crippen LogP contribution in [0, 0.1) is 0 Å². The molecule has 0 saturated carbocycles. The zero-order chi connectivity index (χ0) is 10.6. The molecule has 0 N–H and O–H groups in total. The first-order valence-corrected chi connectivity index (χ1v) is 6.11. The molecule has 14 heavy (non-hydrogen) atoms. The first-order chi connectivity index (χ1) is 6.70. The molecule has 0 fully saturated rings. The highest BCUT2D eigenvalue weighted by Gasteiger charge is 2.13. The Morgan fingerprint density at radius 3 is 2.86 bits per heavy atom. The zero-order valence-corrected chi connectivity index (χ0v) is 10.6. The van der Waals surface area contributed by atoms with Gasteiger partial charge in [0.05, 0.1) is 17.2 Å². The van der Waals surface area contributed by atoms with Crippen molar-refractivity contribution >= 4 is 40.2 Å². The number of carbonyl (C=O) groups excluding carboxylic acids is 1. The van der Waals surface area contributed by atoms with Gasteiger partial charge >= 0.3 is 5.97 Å². The maximum atomic E-state index is 11.4. The summed E-state index contributed by atoms with van der Waals surface area (Å²) in [5, 5.41) is 0.500. The second kappa shape index (κ2) is 5.56. The van der Waals surface area contributed by atoms with Gasteiger partial charge in [0.15, 0.2) is 0 Å². The fraction of sp³-hybridized carbons (Fsp3) is 0.300. The Hall–Kier alpha value is -0.290. The molecule has 0 radical (unpaired) electrons. The molecule has 0 aliphatic carbocycles. The Morgan fingerprint density at radius 1 is 1.57 bits per heavy atom. The Labute approximate surface area is 102 Å². The van der Waals surface area contributed by atoms with Crippen molar-refractivity contribution in [1.82, 2.24) is 0 Å². The van der Waals surface area contributed by atoms with Gasteiger partial charge in [0.25, 0.3) is 0 Å². The minimum Gasteiger partial charge on any atom is -0.462 e. The van der Waals surface area contributed by atoms with Gasteiger partial charge in [0.1, 0.15) is 0 Å². The lowest BCUT2D eigenvalue weighted by molar-refractivity contribution is 0.0526. The topological polar surface area (TPSA) is 26.3 Å². The largest absolute Gasteiger partial charge is 0.462 e. The molecule has 2 nitrogen and oxygen atoms in total. The smallest absolute Gasteiger partial charge is 0.339 e. The minimum atomic E-state index is -0.357. The summed E-state index contributed by atoms with van der Waals surface area (Å²) in [6.45, 7) is 2.14. The quantitative estimate of drug-likeness (QED) is 0.483. The predicted molar refractivity (Wildman–Crippen MR) is 65.1 cm³/mol. The number of hydrogen-bond donors (Lipinski definition) is 0. The Bertz CT molecular complexity index is 339. The molecular formula is C10H10ClIO2. The van der Waals surface area contributed by atoms with Crippen LogP contribution in [-0.2, 0) is 9.16 Å². The molecule has 0 aromatic heterocycles. The van der Waals surface area contributed by atoms with Gasteiger partial charge in [-0.3, -0.25) is 0 Å². The molecular weight excluding hydrogens is 314 g/mol. The van der Waals surface area contributed by atoms with Crippen molar-refractivity contribution < 1.29 is 9.53 Å². The van der Waals surface area contributed by atoms with E-state index in [2.05, 4.69) is 22.6 Å².